The molecule has 0 bridgehead atoms. The Morgan fingerprint density at radius 1 is 1.05 bits per heavy atom. The molecule has 1 saturated heterocycles. The maximum atomic E-state index is 11.2. The second-order valence-corrected chi connectivity index (χ2v) is 5.05. The number of hydrogen-bond donors (Lipinski definition) is 1. The van der Waals surface area contributed by atoms with Gasteiger partial charge in [0.15, 0.2) is 0 Å². The molecule has 3 aromatic rings. The van der Waals surface area contributed by atoms with Crippen LogP contribution in [0.2, 0.25) is 0 Å². The molecule has 2 heterocycles. The summed E-state index contributed by atoms with van der Waals surface area (Å²) in [6.07, 6.45) is -0.433. The van der Waals surface area contributed by atoms with Crippen molar-refractivity contribution >= 4 is 27.9 Å². The zero-order valence-electron chi connectivity index (χ0n) is 10.9. The highest BCUT2D eigenvalue weighted by Crippen LogP contribution is 2.29. The maximum Gasteiger partial charge on any atom is 0.407 e. The Morgan fingerprint density at radius 3 is 2.20 bits per heavy atom. The van der Waals surface area contributed by atoms with Gasteiger partial charge >= 0.3 is 6.09 Å². The van der Waals surface area contributed by atoms with Crippen LogP contribution in [0.25, 0.3) is 21.8 Å². The number of alkyl carbamates (subject to hydrolysis) is 1. The van der Waals surface area contributed by atoms with Crippen molar-refractivity contribution in [3.8, 4) is 0 Å². The number of carbonyl (C=O) groups is 1. The predicted molar refractivity (Wildman–Crippen MR) is 77.7 cm³/mol. The number of hydrogen-bond acceptors (Lipinski definition) is 2. The molecule has 1 aromatic heterocycles. The molecule has 1 amide bonds. The zero-order valence-corrected chi connectivity index (χ0v) is 10.9. The number of para-hydroxylation sites is 2. The first-order valence-corrected chi connectivity index (χ1v) is 6.73. The van der Waals surface area contributed by atoms with E-state index in [4.69, 9.17) is 4.74 Å². The molecule has 0 radical (unpaired) electrons. The van der Waals surface area contributed by atoms with Crippen LogP contribution in [0.1, 0.15) is 0 Å². The third-order valence-corrected chi connectivity index (χ3v) is 3.81. The van der Waals surface area contributed by atoms with Crippen molar-refractivity contribution in [2.75, 3.05) is 6.54 Å². The zero-order chi connectivity index (χ0) is 13.5. The molecule has 20 heavy (non-hydrogen) atoms. The van der Waals surface area contributed by atoms with Crippen LogP contribution in [-0.4, -0.2) is 23.3 Å². The molecule has 1 fully saturated rings. The van der Waals surface area contributed by atoms with Crippen molar-refractivity contribution in [2.24, 2.45) is 0 Å². The van der Waals surface area contributed by atoms with Gasteiger partial charge in [-0.1, -0.05) is 36.4 Å². The lowest BCUT2D eigenvalue weighted by Crippen LogP contribution is -2.20. The highest BCUT2D eigenvalue weighted by molar-refractivity contribution is 6.07. The van der Waals surface area contributed by atoms with Gasteiger partial charge in [-0.3, -0.25) is 0 Å². The largest absolute Gasteiger partial charge is 0.442 e. The van der Waals surface area contributed by atoms with Crippen LogP contribution in [0.15, 0.2) is 48.5 Å². The van der Waals surface area contributed by atoms with Gasteiger partial charge in [0.1, 0.15) is 6.10 Å². The first-order chi connectivity index (χ1) is 9.83. The van der Waals surface area contributed by atoms with E-state index in [2.05, 4.69) is 46.3 Å². The van der Waals surface area contributed by atoms with Gasteiger partial charge in [-0.25, -0.2) is 4.79 Å². The quantitative estimate of drug-likeness (QED) is 0.775. The minimum absolute atomic E-state index is 0.110. The van der Waals surface area contributed by atoms with Crippen LogP contribution in [0.3, 0.4) is 0 Å². The van der Waals surface area contributed by atoms with Crippen molar-refractivity contribution < 1.29 is 9.53 Å². The van der Waals surface area contributed by atoms with Gasteiger partial charge in [0.25, 0.3) is 0 Å². The van der Waals surface area contributed by atoms with Gasteiger partial charge < -0.3 is 14.6 Å². The van der Waals surface area contributed by atoms with E-state index >= 15 is 0 Å². The van der Waals surface area contributed by atoms with Crippen molar-refractivity contribution in [3.05, 3.63) is 48.5 Å². The monoisotopic (exact) mass is 266 g/mol. The van der Waals surface area contributed by atoms with Gasteiger partial charge in [0.2, 0.25) is 0 Å². The summed E-state index contributed by atoms with van der Waals surface area (Å²) < 4.78 is 7.49. The van der Waals surface area contributed by atoms with Crippen LogP contribution in [0.4, 0.5) is 4.79 Å². The number of fused-ring (bicyclic) bond motifs is 3. The van der Waals surface area contributed by atoms with E-state index in [1.54, 1.807) is 0 Å². The molecule has 4 nitrogen and oxygen atoms in total. The fourth-order valence-electron chi connectivity index (χ4n) is 2.94. The molecule has 1 atom stereocenters. The van der Waals surface area contributed by atoms with E-state index in [9.17, 15) is 4.79 Å². The Balaban J connectivity index is 1.89. The molecule has 4 heteroatoms. The van der Waals surface area contributed by atoms with Crippen molar-refractivity contribution in [2.45, 2.75) is 12.6 Å². The number of carbonyl (C=O) groups excluding carboxylic acids is 1. The number of ether oxygens (including phenoxy) is 1. The van der Waals surface area contributed by atoms with E-state index in [1.165, 1.54) is 21.8 Å². The number of rotatable bonds is 2. The van der Waals surface area contributed by atoms with Gasteiger partial charge in [-0.15, -0.1) is 0 Å². The molecule has 1 N–H and O–H groups in total. The fourth-order valence-corrected chi connectivity index (χ4v) is 2.94. The van der Waals surface area contributed by atoms with Gasteiger partial charge in [0.05, 0.1) is 13.1 Å². The lowest BCUT2D eigenvalue weighted by Gasteiger charge is -2.11. The van der Waals surface area contributed by atoms with Gasteiger partial charge in [-0.2, -0.15) is 0 Å². The summed E-state index contributed by atoms with van der Waals surface area (Å²) in [7, 11) is 0. The smallest absolute Gasteiger partial charge is 0.407 e. The average Bonchev–Trinajstić information content (AvgIpc) is 3.03. The Hall–Kier alpha value is -2.49. The van der Waals surface area contributed by atoms with Crippen LogP contribution in [0.5, 0.6) is 0 Å². The van der Waals surface area contributed by atoms with Crippen LogP contribution < -0.4 is 5.32 Å². The van der Waals surface area contributed by atoms with Crippen molar-refractivity contribution in [1.29, 1.82) is 0 Å². The number of nitrogens with one attached hydrogen (secondary N) is 1. The number of benzene rings is 2. The Labute approximate surface area is 115 Å². The SMILES string of the molecule is O=C1NC[C@H](Cn2c3ccccc3c3ccccc32)O1. The van der Waals surface area contributed by atoms with E-state index in [1.807, 2.05) is 12.1 Å². The second-order valence-electron chi connectivity index (χ2n) is 5.05. The van der Waals surface area contributed by atoms with Crippen molar-refractivity contribution in [1.82, 2.24) is 9.88 Å². The van der Waals surface area contributed by atoms with E-state index in [0.29, 0.717) is 13.1 Å². The normalized spacial score (nSPS) is 18.4. The third kappa shape index (κ3) is 1.65. The molecule has 0 aliphatic carbocycles. The van der Waals surface area contributed by atoms with Crippen molar-refractivity contribution in [3.63, 3.8) is 0 Å². The molecule has 4 rings (SSSR count). The second kappa shape index (κ2) is 4.27. The maximum absolute atomic E-state index is 11.2. The summed E-state index contributed by atoms with van der Waals surface area (Å²) in [6, 6.07) is 16.7. The summed E-state index contributed by atoms with van der Waals surface area (Å²) in [5, 5.41) is 5.18. The topological polar surface area (TPSA) is 43.3 Å². The number of nitrogens with zero attached hydrogens (tertiary/aromatic N) is 1. The highest BCUT2D eigenvalue weighted by atomic mass is 16.6. The lowest BCUT2D eigenvalue weighted by atomic mass is 10.2. The summed E-state index contributed by atoms with van der Waals surface area (Å²) in [5.41, 5.74) is 2.35. The Kier molecular flexibility index (Phi) is 2.42. The first-order valence-electron chi connectivity index (χ1n) is 6.73. The summed E-state index contributed by atoms with van der Waals surface area (Å²) >= 11 is 0. The highest BCUT2D eigenvalue weighted by Gasteiger charge is 2.24. The number of aromatic nitrogens is 1. The molecule has 2 aromatic carbocycles. The minimum atomic E-state index is -0.323. The number of cyclic esters (lactones) is 1. The number of amides is 1. The van der Waals surface area contributed by atoms with E-state index in [-0.39, 0.29) is 12.2 Å². The van der Waals surface area contributed by atoms with Gasteiger partial charge in [0, 0.05) is 21.8 Å². The summed E-state index contributed by atoms with van der Waals surface area (Å²) in [5.74, 6) is 0. The minimum Gasteiger partial charge on any atom is -0.442 e. The lowest BCUT2D eigenvalue weighted by molar-refractivity contribution is 0.132. The van der Waals surface area contributed by atoms with Gasteiger partial charge in [-0.05, 0) is 12.1 Å². The standard InChI is InChI=1S/C16H14N2O2/c19-16-17-9-11(20-16)10-18-14-7-3-1-5-12(14)13-6-2-4-8-15(13)18/h1-8,11H,9-10H2,(H,17,19)/t11-/m1/s1. The van der Waals surface area contributed by atoms with Crippen LogP contribution in [0, 0.1) is 0 Å². The first kappa shape index (κ1) is 11.3. The Morgan fingerprint density at radius 2 is 1.65 bits per heavy atom. The van der Waals surface area contributed by atoms with Crippen LogP contribution >= 0.6 is 0 Å². The summed E-state index contributed by atoms with van der Waals surface area (Å²) in [4.78, 5) is 11.2. The average molecular weight is 266 g/mol. The van der Waals surface area contributed by atoms with Crippen LogP contribution in [-0.2, 0) is 11.3 Å². The molecule has 100 valence electrons. The molecule has 1 aliphatic heterocycles. The predicted octanol–water partition coefficient (Wildman–Crippen LogP) is 2.90. The fraction of sp³-hybridized carbons (Fsp3) is 0.188. The Bertz CT molecular complexity index is 753. The summed E-state index contributed by atoms with van der Waals surface area (Å²) in [6.45, 7) is 1.24. The molecular formula is C16H14N2O2. The molecule has 0 unspecified atom stereocenters. The molecular weight excluding hydrogens is 252 g/mol. The van der Waals surface area contributed by atoms with E-state index in [0.717, 1.165) is 0 Å². The third-order valence-electron chi connectivity index (χ3n) is 3.81. The molecule has 0 saturated carbocycles. The molecule has 0 spiro atoms. The van der Waals surface area contributed by atoms with E-state index < -0.39 is 0 Å². The molecule has 1 aliphatic rings.